The Hall–Kier alpha value is -1.34. The summed E-state index contributed by atoms with van der Waals surface area (Å²) in [5.41, 5.74) is -0.571. The molecule has 0 aliphatic rings. The van der Waals surface area contributed by atoms with Crippen LogP contribution in [0.5, 0.6) is 0 Å². The molecule has 2 N–H and O–H groups in total. The van der Waals surface area contributed by atoms with Crippen molar-refractivity contribution in [2.24, 2.45) is 0 Å². The molecule has 1 rings (SSSR count). The SMILES string of the molecule is CSc1ncc(Cl)c(C(=O)NC(C)(C)CCC(=O)O)n1. The lowest BCUT2D eigenvalue weighted by Crippen LogP contribution is -2.44. The Morgan fingerprint density at radius 2 is 2.15 bits per heavy atom. The van der Waals surface area contributed by atoms with E-state index < -0.39 is 17.4 Å². The number of carbonyl (C=O) groups is 2. The van der Waals surface area contributed by atoms with Gasteiger partial charge in [0, 0.05) is 12.0 Å². The molecule has 0 saturated carbocycles. The van der Waals surface area contributed by atoms with E-state index in [0.717, 1.165) is 0 Å². The first-order valence-corrected chi connectivity index (χ1v) is 7.46. The van der Waals surface area contributed by atoms with Crippen molar-refractivity contribution in [3.8, 4) is 0 Å². The Bertz CT molecular complexity index is 523. The summed E-state index contributed by atoms with van der Waals surface area (Å²) in [5.74, 6) is -1.35. The van der Waals surface area contributed by atoms with E-state index in [1.807, 2.05) is 0 Å². The van der Waals surface area contributed by atoms with Crippen molar-refractivity contribution < 1.29 is 14.7 Å². The Morgan fingerprint density at radius 3 is 2.70 bits per heavy atom. The highest BCUT2D eigenvalue weighted by molar-refractivity contribution is 7.98. The van der Waals surface area contributed by atoms with Crippen LogP contribution in [0.15, 0.2) is 11.4 Å². The van der Waals surface area contributed by atoms with Crippen LogP contribution in [0.2, 0.25) is 5.02 Å². The maximum atomic E-state index is 12.2. The van der Waals surface area contributed by atoms with Gasteiger partial charge < -0.3 is 10.4 Å². The zero-order valence-corrected chi connectivity index (χ0v) is 13.0. The molecular weight excluding hydrogens is 302 g/mol. The smallest absolute Gasteiger partial charge is 0.303 e. The van der Waals surface area contributed by atoms with Gasteiger partial charge in [-0.15, -0.1) is 0 Å². The van der Waals surface area contributed by atoms with Gasteiger partial charge in [-0.1, -0.05) is 23.4 Å². The predicted molar refractivity (Wildman–Crippen MR) is 77.2 cm³/mol. The summed E-state index contributed by atoms with van der Waals surface area (Å²) in [6.45, 7) is 3.50. The summed E-state index contributed by atoms with van der Waals surface area (Å²) in [5, 5.41) is 12.0. The minimum absolute atomic E-state index is 0.0269. The minimum atomic E-state index is -0.905. The van der Waals surface area contributed by atoms with Crippen molar-refractivity contribution in [2.45, 2.75) is 37.4 Å². The molecule has 110 valence electrons. The van der Waals surface area contributed by atoms with Crippen LogP contribution < -0.4 is 5.32 Å². The van der Waals surface area contributed by atoms with Crippen molar-refractivity contribution in [3.63, 3.8) is 0 Å². The molecule has 0 fully saturated rings. The standard InChI is InChI=1S/C12H16ClN3O3S/c1-12(2,5-4-8(17)18)16-10(19)9-7(13)6-14-11(15-9)20-3/h6H,4-5H2,1-3H3,(H,16,19)(H,17,18). The Morgan fingerprint density at radius 1 is 1.50 bits per heavy atom. The molecule has 0 bridgehead atoms. The van der Waals surface area contributed by atoms with Gasteiger partial charge >= 0.3 is 5.97 Å². The van der Waals surface area contributed by atoms with Gasteiger partial charge in [0.25, 0.3) is 5.91 Å². The second-order valence-electron chi connectivity index (χ2n) is 4.78. The quantitative estimate of drug-likeness (QED) is 0.617. The molecule has 0 radical (unpaired) electrons. The number of thioether (sulfide) groups is 1. The zero-order valence-electron chi connectivity index (χ0n) is 11.4. The molecule has 1 aromatic heterocycles. The molecule has 1 heterocycles. The fourth-order valence-corrected chi connectivity index (χ4v) is 1.97. The number of hydrogen-bond donors (Lipinski definition) is 2. The number of aromatic nitrogens is 2. The molecule has 20 heavy (non-hydrogen) atoms. The average Bonchev–Trinajstić information content (AvgIpc) is 2.36. The van der Waals surface area contributed by atoms with E-state index in [-0.39, 0.29) is 17.1 Å². The van der Waals surface area contributed by atoms with Gasteiger partial charge in [0.2, 0.25) is 0 Å². The zero-order chi connectivity index (χ0) is 15.3. The van der Waals surface area contributed by atoms with Crippen molar-refractivity contribution in [1.82, 2.24) is 15.3 Å². The van der Waals surface area contributed by atoms with E-state index in [4.69, 9.17) is 16.7 Å². The summed E-state index contributed by atoms with van der Waals surface area (Å²) in [7, 11) is 0. The molecule has 0 atom stereocenters. The summed E-state index contributed by atoms with van der Waals surface area (Å²) in [6, 6.07) is 0. The van der Waals surface area contributed by atoms with Gasteiger partial charge in [-0.2, -0.15) is 0 Å². The highest BCUT2D eigenvalue weighted by Gasteiger charge is 2.24. The number of rotatable bonds is 6. The third-order valence-electron chi connectivity index (χ3n) is 2.54. The van der Waals surface area contributed by atoms with E-state index >= 15 is 0 Å². The first-order valence-electron chi connectivity index (χ1n) is 5.86. The highest BCUT2D eigenvalue weighted by atomic mass is 35.5. The van der Waals surface area contributed by atoms with Crippen LogP contribution in [0.1, 0.15) is 37.2 Å². The Labute approximate surface area is 126 Å². The minimum Gasteiger partial charge on any atom is -0.481 e. The molecule has 0 saturated heterocycles. The molecule has 0 unspecified atom stereocenters. The monoisotopic (exact) mass is 317 g/mol. The van der Waals surface area contributed by atoms with Gasteiger partial charge in [-0.05, 0) is 26.5 Å². The van der Waals surface area contributed by atoms with Crippen LogP contribution in [-0.4, -0.2) is 38.7 Å². The van der Waals surface area contributed by atoms with Gasteiger partial charge in [0.1, 0.15) is 0 Å². The fourth-order valence-electron chi connectivity index (χ4n) is 1.46. The van der Waals surface area contributed by atoms with Crippen LogP contribution in [0.4, 0.5) is 0 Å². The summed E-state index contributed by atoms with van der Waals surface area (Å²) in [6.07, 6.45) is 3.45. The van der Waals surface area contributed by atoms with Crippen LogP contribution in [0.25, 0.3) is 0 Å². The molecule has 0 aliphatic carbocycles. The van der Waals surface area contributed by atoms with Crippen LogP contribution in [0, 0.1) is 0 Å². The second kappa shape index (κ2) is 6.90. The van der Waals surface area contributed by atoms with Gasteiger partial charge in [0.05, 0.1) is 11.2 Å². The van der Waals surface area contributed by atoms with Crippen LogP contribution >= 0.6 is 23.4 Å². The maximum Gasteiger partial charge on any atom is 0.303 e. The largest absolute Gasteiger partial charge is 0.481 e. The fraction of sp³-hybridized carbons (Fsp3) is 0.500. The number of carbonyl (C=O) groups excluding carboxylic acids is 1. The lowest BCUT2D eigenvalue weighted by atomic mass is 9.98. The van der Waals surface area contributed by atoms with Gasteiger partial charge in [0.15, 0.2) is 10.9 Å². The molecule has 0 spiro atoms. The first kappa shape index (κ1) is 16.7. The highest BCUT2D eigenvalue weighted by Crippen LogP contribution is 2.18. The number of nitrogens with zero attached hydrogens (tertiary/aromatic N) is 2. The molecular formula is C12H16ClN3O3S. The normalized spacial score (nSPS) is 11.2. The topological polar surface area (TPSA) is 92.2 Å². The molecule has 1 amide bonds. The van der Waals surface area contributed by atoms with Crippen LogP contribution in [-0.2, 0) is 4.79 Å². The van der Waals surface area contributed by atoms with E-state index in [1.165, 1.54) is 18.0 Å². The third-order valence-corrected chi connectivity index (χ3v) is 3.37. The van der Waals surface area contributed by atoms with Crippen molar-refractivity contribution >= 4 is 35.2 Å². The molecule has 0 aliphatic heterocycles. The van der Waals surface area contributed by atoms with Crippen molar-refractivity contribution in [3.05, 3.63) is 16.9 Å². The van der Waals surface area contributed by atoms with E-state index in [2.05, 4.69) is 15.3 Å². The molecule has 0 aromatic carbocycles. The number of aliphatic carboxylic acids is 1. The van der Waals surface area contributed by atoms with E-state index in [9.17, 15) is 9.59 Å². The van der Waals surface area contributed by atoms with Crippen molar-refractivity contribution in [1.29, 1.82) is 0 Å². The van der Waals surface area contributed by atoms with Gasteiger partial charge in [-0.25, -0.2) is 9.97 Å². The average molecular weight is 318 g/mol. The third kappa shape index (κ3) is 4.97. The number of amides is 1. The Balaban J connectivity index is 2.82. The van der Waals surface area contributed by atoms with Crippen LogP contribution in [0.3, 0.4) is 0 Å². The van der Waals surface area contributed by atoms with Gasteiger partial charge in [-0.3, -0.25) is 9.59 Å². The summed E-state index contributed by atoms with van der Waals surface area (Å²) < 4.78 is 0. The molecule has 1 aromatic rings. The maximum absolute atomic E-state index is 12.2. The summed E-state index contributed by atoms with van der Waals surface area (Å²) in [4.78, 5) is 30.8. The van der Waals surface area contributed by atoms with E-state index in [1.54, 1.807) is 20.1 Å². The molecule has 6 nitrogen and oxygen atoms in total. The summed E-state index contributed by atoms with van der Waals surface area (Å²) >= 11 is 7.22. The second-order valence-corrected chi connectivity index (χ2v) is 5.97. The first-order chi connectivity index (χ1) is 9.25. The number of halogens is 1. The number of carboxylic acid groups (broad SMARTS) is 1. The predicted octanol–water partition coefficient (Wildman–Crippen LogP) is 2.23. The van der Waals surface area contributed by atoms with E-state index in [0.29, 0.717) is 11.6 Å². The number of nitrogens with one attached hydrogen (secondary N) is 1. The number of carboxylic acids is 1. The lowest BCUT2D eigenvalue weighted by Gasteiger charge is -2.25. The number of hydrogen-bond acceptors (Lipinski definition) is 5. The lowest BCUT2D eigenvalue weighted by molar-refractivity contribution is -0.137. The van der Waals surface area contributed by atoms with Crippen molar-refractivity contribution in [2.75, 3.05) is 6.26 Å². The molecule has 8 heteroatoms. The Kier molecular flexibility index (Phi) is 5.76.